The Labute approximate surface area is 235 Å². The third-order valence-corrected chi connectivity index (χ3v) is 7.00. The monoisotopic (exact) mass is 586 g/mol. The summed E-state index contributed by atoms with van der Waals surface area (Å²) in [4.78, 5) is 71.4. The van der Waals surface area contributed by atoms with E-state index in [9.17, 15) is 33.9 Å². The zero-order chi connectivity index (χ0) is 30.7. The van der Waals surface area contributed by atoms with Gasteiger partial charge in [-0.1, -0.05) is 0 Å². The largest absolute Gasteiger partial charge is 0.471 e. The number of fused-ring (bicyclic) bond motifs is 1. The summed E-state index contributed by atoms with van der Waals surface area (Å²) in [5.41, 5.74) is -3.33. The van der Waals surface area contributed by atoms with Crippen LogP contribution >= 0.6 is 0 Å². The first kappa shape index (κ1) is 32.0. The van der Waals surface area contributed by atoms with Gasteiger partial charge in [0.2, 0.25) is 12.6 Å². The van der Waals surface area contributed by atoms with Gasteiger partial charge in [0.05, 0.1) is 17.8 Å². The first-order valence-corrected chi connectivity index (χ1v) is 12.8. The van der Waals surface area contributed by atoms with Crippen molar-refractivity contribution in [3.8, 4) is 0 Å². The van der Waals surface area contributed by atoms with Crippen molar-refractivity contribution >= 4 is 36.1 Å². The van der Waals surface area contributed by atoms with E-state index in [1.54, 1.807) is 0 Å². The van der Waals surface area contributed by atoms with Crippen LogP contribution in [0.4, 0.5) is 0 Å². The fraction of sp³-hybridized carbons (Fsp3) is 0.692. The molecule has 0 spiro atoms. The molecule has 2 heterocycles. The summed E-state index contributed by atoms with van der Waals surface area (Å²) < 4.78 is 44.5. The summed E-state index contributed by atoms with van der Waals surface area (Å²) in [5.74, 6) is -5.04. The highest BCUT2D eigenvalue weighted by Gasteiger charge is 2.65. The Morgan fingerprint density at radius 1 is 0.878 bits per heavy atom. The van der Waals surface area contributed by atoms with Gasteiger partial charge in [-0.15, -0.1) is 0 Å². The Morgan fingerprint density at radius 3 is 2.00 bits per heavy atom. The maximum absolute atomic E-state index is 12.1. The van der Waals surface area contributed by atoms with E-state index in [0.29, 0.717) is 6.29 Å². The van der Waals surface area contributed by atoms with E-state index in [-0.39, 0.29) is 18.4 Å². The fourth-order valence-corrected chi connectivity index (χ4v) is 5.53. The van der Waals surface area contributed by atoms with Crippen molar-refractivity contribution in [3.05, 3.63) is 11.8 Å². The molecule has 3 aliphatic rings. The van der Waals surface area contributed by atoms with E-state index in [1.807, 2.05) is 0 Å². The van der Waals surface area contributed by atoms with E-state index in [2.05, 4.69) is 0 Å². The van der Waals surface area contributed by atoms with E-state index in [4.69, 9.17) is 37.9 Å². The minimum Gasteiger partial charge on any atom is -0.471 e. The molecule has 3 rings (SSSR count). The summed E-state index contributed by atoms with van der Waals surface area (Å²) in [6.45, 7) is 6.58. The summed E-state index contributed by atoms with van der Waals surface area (Å²) >= 11 is 0. The average Bonchev–Trinajstić information content (AvgIpc) is 3.11. The number of esters is 5. The summed E-state index contributed by atoms with van der Waals surface area (Å²) in [5, 5.41) is 11.6. The molecule has 2 fully saturated rings. The lowest BCUT2D eigenvalue weighted by molar-refractivity contribution is -0.353. The highest BCUT2D eigenvalue weighted by atomic mass is 16.8. The fourth-order valence-electron chi connectivity index (χ4n) is 5.53. The van der Waals surface area contributed by atoms with Crippen LogP contribution in [-0.2, 0) is 66.7 Å². The maximum Gasteiger partial charge on any atom is 0.303 e. The molecule has 1 N–H and O–H groups in total. The molecule has 2 aliphatic heterocycles. The van der Waals surface area contributed by atoms with Gasteiger partial charge in [-0.25, -0.2) is 0 Å². The van der Waals surface area contributed by atoms with E-state index >= 15 is 0 Å². The number of hydrogen-bond acceptors (Lipinski definition) is 15. The number of ether oxygens (including phenoxy) is 8. The topological polar surface area (TPSA) is 196 Å². The summed E-state index contributed by atoms with van der Waals surface area (Å²) in [6, 6.07) is 0. The molecule has 0 radical (unpaired) electrons. The number of hydrogen-bond donors (Lipinski definition) is 1. The standard InChI is InChI=1S/C26H34O15/c1-12(28)34-11-18-19(36-13(2)29)20(37-14(3)30)21(38-15(4)31)23(39-18)40-24-22-25(6,41-16(5)32)7-8-26(22,33)17(9-27)10-35-24/h9-10,18-24,33H,7-8,11H2,1-6H3/t18-,19-,20+,21-,22-,23+,24+,25+,26+/m1/s1. The molecule has 15 heteroatoms. The molecule has 0 bridgehead atoms. The van der Waals surface area contributed by atoms with E-state index in [1.165, 1.54) is 13.8 Å². The third-order valence-electron chi connectivity index (χ3n) is 7.00. The van der Waals surface area contributed by atoms with Gasteiger partial charge >= 0.3 is 29.8 Å². The molecule has 1 aliphatic carbocycles. The molecule has 41 heavy (non-hydrogen) atoms. The predicted octanol–water partition coefficient (Wildman–Crippen LogP) is -0.0119. The quantitative estimate of drug-likeness (QED) is 0.215. The van der Waals surface area contributed by atoms with E-state index < -0.39 is 90.6 Å². The van der Waals surface area contributed by atoms with Crippen LogP contribution in [0.15, 0.2) is 11.8 Å². The van der Waals surface area contributed by atoms with Crippen molar-refractivity contribution in [3.63, 3.8) is 0 Å². The first-order valence-electron chi connectivity index (χ1n) is 12.8. The number of aldehydes is 1. The molecule has 1 saturated carbocycles. The van der Waals surface area contributed by atoms with Crippen LogP contribution < -0.4 is 0 Å². The molecule has 228 valence electrons. The van der Waals surface area contributed by atoms with Gasteiger partial charge in [0, 0.05) is 34.6 Å². The normalized spacial score (nSPS) is 36.0. The lowest BCUT2D eigenvalue weighted by Gasteiger charge is -2.48. The van der Waals surface area contributed by atoms with Gasteiger partial charge in [-0.05, 0) is 19.8 Å². The Morgan fingerprint density at radius 2 is 1.46 bits per heavy atom. The Kier molecular flexibility index (Phi) is 9.77. The van der Waals surface area contributed by atoms with Gasteiger partial charge in [0.15, 0.2) is 24.6 Å². The molecule has 0 aromatic carbocycles. The van der Waals surface area contributed by atoms with Crippen LogP contribution in [0, 0.1) is 5.92 Å². The third kappa shape index (κ3) is 7.02. The number of aliphatic hydroxyl groups is 1. The predicted molar refractivity (Wildman–Crippen MR) is 130 cm³/mol. The first-order chi connectivity index (χ1) is 19.1. The second-order valence-corrected chi connectivity index (χ2v) is 10.2. The number of carbonyl (C=O) groups excluding carboxylic acids is 6. The van der Waals surface area contributed by atoms with Crippen LogP contribution in [0.1, 0.15) is 54.4 Å². The maximum atomic E-state index is 12.1. The second kappa shape index (κ2) is 12.5. The Bertz CT molecular complexity index is 1100. The number of carbonyl (C=O) groups is 6. The molecule has 0 aromatic heterocycles. The molecular formula is C26H34O15. The molecule has 0 amide bonds. The molecule has 0 unspecified atom stereocenters. The highest BCUT2D eigenvalue weighted by molar-refractivity contribution is 5.77. The SMILES string of the molecule is CC(=O)OC[C@H]1O[C@@H](O[C@@H]2OC=C(C=O)[C@@]3(O)CC[C@](C)(OC(C)=O)[C@@H]23)[C@H](OC(C)=O)[C@@H](OC(C)=O)[C@@H]1OC(C)=O. The van der Waals surface area contributed by atoms with Crippen molar-refractivity contribution in [2.24, 2.45) is 5.92 Å². The minimum absolute atomic E-state index is 0.00775. The Hall–Kier alpha value is -3.56. The van der Waals surface area contributed by atoms with Crippen LogP contribution in [0.3, 0.4) is 0 Å². The smallest absolute Gasteiger partial charge is 0.303 e. The van der Waals surface area contributed by atoms with Crippen molar-refractivity contribution in [1.82, 2.24) is 0 Å². The van der Waals surface area contributed by atoms with Crippen LogP contribution in [0.25, 0.3) is 0 Å². The number of rotatable bonds is 9. The van der Waals surface area contributed by atoms with Crippen LogP contribution in [-0.4, -0.2) is 96.0 Å². The lowest BCUT2D eigenvalue weighted by atomic mass is 9.77. The average molecular weight is 587 g/mol. The van der Waals surface area contributed by atoms with Gasteiger partial charge < -0.3 is 43.0 Å². The van der Waals surface area contributed by atoms with Gasteiger partial charge in [0.25, 0.3) is 0 Å². The molecule has 1 saturated heterocycles. The lowest BCUT2D eigenvalue weighted by Crippen LogP contribution is -2.64. The summed E-state index contributed by atoms with van der Waals surface area (Å²) in [6.07, 6.45) is -7.35. The van der Waals surface area contributed by atoms with Crippen molar-refractivity contribution in [1.29, 1.82) is 0 Å². The summed E-state index contributed by atoms with van der Waals surface area (Å²) in [7, 11) is 0. The highest BCUT2D eigenvalue weighted by Crippen LogP contribution is 2.53. The second-order valence-electron chi connectivity index (χ2n) is 10.2. The molecule has 15 nitrogen and oxygen atoms in total. The van der Waals surface area contributed by atoms with Gasteiger partial charge in [-0.3, -0.25) is 28.8 Å². The van der Waals surface area contributed by atoms with Crippen molar-refractivity contribution in [2.75, 3.05) is 6.61 Å². The zero-order valence-corrected chi connectivity index (χ0v) is 23.5. The van der Waals surface area contributed by atoms with Crippen molar-refractivity contribution in [2.45, 2.75) is 103 Å². The van der Waals surface area contributed by atoms with Crippen LogP contribution in [0.2, 0.25) is 0 Å². The van der Waals surface area contributed by atoms with Crippen molar-refractivity contribution < 1.29 is 71.8 Å². The zero-order valence-electron chi connectivity index (χ0n) is 23.5. The van der Waals surface area contributed by atoms with Gasteiger partial charge in [-0.2, -0.15) is 0 Å². The van der Waals surface area contributed by atoms with E-state index in [0.717, 1.165) is 34.0 Å². The minimum atomic E-state index is -1.84. The molecule has 9 atom stereocenters. The molecule has 0 aromatic rings. The Balaban J connectivity index is 2.07. The molecular weight excluding hydrogens is 552 g/mol. The van der Waals surface area contributed by atoms with Gasteiger partial charge in [0.1, 0.15) is 23.9 Å². The van der Waals surface area contributed by atoms with Crippen LogP contribution in [0.5, 0.6) is 0 Å².